The van der Waals surface area contributed by atoms with Crippen molar-refractivity contribution in [3.05, 3.63) is 0 Å². The molecule has 32 heavy (non-hydrogen) atoms. The van der Waals surface area contributed by atoms with Crippen LogP contribution in [0.1, 0.15) is 66.7 Å². The summed E-state index contributed by atoms with van der Waals surface area (Å²) in [5, 5.41) is 3.09. The molecule has 2 fully saturated rings. The van der Waals surface area contributed by atoms with Crippen LogP contribution in [0.15, 0.2) is 0 Å². The Morgan fingerprint density at radius 3 is 2.22 bits per heavy atom. The molecule has 0 radical (unpaired) electrons. The Morgan fingerprint density at radius 2 is 1.69 bits per heavy atom. The van der Waals surface area contributed by atoms with Gasteiger partial charge in [-0.05, 0) is 57.2 Å². The molecule has 0 aliphatic carbocycles. The van der Waals surface area contributed by atoms with Crippen LogP contribution in [0.4, 0.5) is 0 Å². The van der Waals surface area contributed by atoms with Gasteiger partial charge >= 0.3 is 0 Å². The lowest BCUT2D eigenvalue weighted by Crippen LogP contribution is -2.61. The van der Waals surface area contributed by atoms with Crippen LogP contribution < -0.4 is 11.1 Å². The van der Waals surface area contributed by atoms with Gasteiger partial charge in [0, 0.05) is 19.6 Å². The van der Waals surface area contributed by atoms with Gasteiger partial charge in [0.15, 0.2) is 0 Å². The Hall–Kier alpha value is -1.67. The van der Waals surface area contributed by atoms with E-state index >= 15 is 0 Å². The first kappa shape index (κ1) is 26.6. The molecule has 8 nitrogen and oxygen atoms in total. The molecule has 8 heteroatoms. The largest absolute Gasteiger partial charge is 0.368 e. The number of likely N-dealkylation sites (N-methyl/N-ethyl adjacent to an activating group) is 2. The van der Waals surface area contributed by atoms with Crippen LogP contribution in [-0.4, -0.2) is 90.3 Å². The van der Waals surface area contributed by atoms with E-state index in [1.807, 2.05) is 34.9 Å². The number of rotatable bonds is 8. The average Bonchev–Trinajstić information content (AvgIpc) is 3.17. The maximum atomic E-state index is 13.7. The molecule has 2 aliphatic rings. The molecule has 3 N–H and O–H groups in total. The second-order valence-electron chi connectivity index (χ2n) is 11.1. The zero-order valence-electron chi connectivity index (χ0n) is 21.2. The van der Waals surface area contributed by atoms with E-state index in [4.69, 9.17) is 5.73 Å². The quantitative estimate of drug-likeness (QED) is 0.582. The third-order valence-electron chi connectivity index (χ3n) is 7.20. The monoisotopic (exact) mass is 451 g/mol. The predicted molar refractivity (Wildman–Crippen MR) is 127 cm³/mol. The highest BCUT2D eigenvalue weighted by Crippen LogP contribution is 2.26. The number of nitrogens with two attached hydrogens (primary N) is 1. The fraction of sp³-hybridized carbons (Fsp3) is 0.875. The van der Waals surface area contributed by atoms with Crippen molar-refractivity contribution in [3.8, 4) is 0 Å². The van der Waals surface area contributed by atoms with Crippen molar-refractivity contribution in [2.45, 2.75) is 90.9 Å². The highest BCUT2D eigenvalue weighted by atomic mass is 16.2. The Morgan fingerprint density at radius 1 is 1.06 bits per heavy atom. The smallest absolute Gasteiger partial charge is 0.245 e. The summed E-state index contributed by atoms with van der Waals surface area (Å²) in [7, 11) is 3.80. The normalized spacial score (nSPS) is 24.9. The second kappa shape index (κ2) is 11.0. The molecule has 0 aromatic carbocycles. The topological polar surface area (TPSA) is 99.0 Å². The molecule has 2 aliphatic heterocycles. The molecule has 0 unspecified atom stereocenters. The number of piperidine rings is 1. The minimum absolute atomic E-state index is 0.0664. The number of hydrogen-bond acceptors (Lipinski definition) is 5. The summed E-state index contributed by atoms with van der Waals surface area (Å²) in [6, 6.07) is -1.16. The first-order valence-electron chi connectivity index (χ1n) is 12.1. The molecule has 0 spiro atoms. The van der Waals surface area contributed by atoms with Gasteiger partial charge in [0.05, 0.1) is 12.1 Å². The lowest BCUT2D eigenvalue weighted by atomic mass is 9.84. The minimum atomic E-state index is -0.623. The van der Waals surface area contributed by atoms with Crippen LogP contribution in [0, 0.1) is 11.3 Å². The molecular weight excluding hydrogens is 406 g/mol. The number of hydrogen-bond donors (Lipinski definition) is 2. The van der Waals surface area contributed by atoms with Gasteiger partial charge in [0.1, 0.15) is 6.04 Å². The van der Waals surface area contributed by atoms with Gasteiger partial charge in [-0.2, -0.15) is 0 Å². The molecule has 3 amide bonds. The summed E-state index contributed by atoms with van der Waals surface area (Å²) in [5.41, 5.74) is 5.17. The number of nitrogens with one attached hydrogen (secondary N) is 1. The van der Waals surface area contributed by atoms with E-state index in [0.29, 0.717) is 6.54 Å². The van der Waals surface area contributed by atoms with Crippen LogP contribution in [0.3, 0.4) is 0 Å². The Labute approximate surface area is 194 Å². The van der Waals surface area contributed by atoms with Crippen molar-refractivity contribution in [1.29, 1.82) is 0 Å². The van der Waals surface area contributed by atoms with Crippen LogP contribution >= 0.6 is 0 Å². The Bertz CT molecular complexity index is 675. The summed E-state index contributed by atoms with van der Waals surface area (Å²) in [4.78, 5) is 44.6. The summed E-state index contributed by atoms with van der Waals surface area (Å²) in [5.74, 6) is -0.254. The van der Waals surface area contributed by atoms with Gasteiger partial charge in [0.25, 0.3) is 0 Å². The number of carbonyl (C=O) groups excluding carboxylic acids is 3. The second-order valence-corrected chi connectivity index (χ2v) is 11.1. The molecule has 2 rings (SSSR count). The number of nitrogens with zero attached hydrogens (tertiary/aromatic N) is 3. The SMILES string of the molecule is CC(C)[C@@H](CN1CCC[C@H]1C(N)=O)N(C)C(=O)[C@@H](NC(=O)[C@H]1CCCCN1C)C(C)(C)C. The van der Waals surface area contributed by atoms with E-state index in [-0.39, 0.29) is 41.8 Å². The van der Waals surface area contributed by atoms with E-state index in [2.05, 4.69) is 29.0 Å². The van der Waals surface area contributed by atoms with Gasteiger partial charge in [-0.25, -0.2) is 0 Å². The van der Waals surface area contributed by atoms with E-state index in [9.17, 15) is 14.4 Å². The molecular formula is C24H45N5O3. The van der Waals surface area contributed by atoms with Crippen molar-refractivity contribution >= 4 is 17.7 Å². The summed E-state index contributed by atoms with van der Waals surface area (Å²) in [6.45, 7) is 12.5. The minimum Gasteiger partial charge on any atom is -0.368 e. The van der Waals surface area contributed by atoms with E-state index in [0.717, 1.165) is 45.2 Å². The first-order valence-corrected chi connectivity index (χ1v) is 12.1. The summed E-state index contributed by atoms with van der Waals surface area (Å²) < 4.78 is 0. The number of carbonyl (C=O) groups is 3. The van der Waals surface area contributed by atoms with Gasteiger partial charge in [0.2, 0.25) is 17.7 Å². The predicted octanol–water partition coefficient (Wildman–Crippen LogP) is 1.43. The summed E-state index contributed by atoms with van der Waals surface area (Å²) >= 11 is 0. The molecule has 0 bridgehead atoms. The van der Waals surface area contributed by atoms with Gasteiger partial charge in [-0.15, -0.1) is 0 Å². The zero-order chi connectivity index (χ0) is 24.2. The Kier molecular flexibility index (Phi) is 9.11. The van der Waals surface area contributed by atoms with Crippen molar-refractivity contribution in [1.82, 2.24) is 20.0 Å². The Balaban J connectivity index is 2.17. The highest BCUT2D eigenvalue weighted by Gasteiger charge is 2.40. The third-order valence-corrected chi connectivity index (χ3v) is 7.20. The van der Waals surface area contributed by atoms with Crippen molar-refractivity contribution in [2.24, 2.45) is 17.1 Å². The maximum absolute atomic E-state index is 13.7. The molecule has 0 aromatic heterocycles. The molecule has 0 aromatic rings. The van der Waals surface area contributed by atoms with Crippen LogP contribution in [0.25, 0.3) is 0 Å². The van der Waals surface area contributed by atoms with E-state index < -0.39 is 11.5 Å². The lowest BCUT2D eigenvalue weighted by Gasteiger charge is -2.41. The molecule has 2 saturated heterocycles. The highest BCUT2D eigenvalue weighted by molar-refractivity contribution is 5.90. The number of amides is 3. The van der Waals surface area contributed by atoms with E-state index in [1.54, 1.807) is 4.90 Å². The zero-order valence-corrected chi connectivity index (χ0v) is 21.2. The lowest BCUT2D eigenvalue weighted by molar-refractivity contribution is -0.142. The van der Waals surface area contributed by atoms with Crippen LogP contribution in [0.5, 0.6) is 0 Å². The number of likely N-dealkylation sites (tertiary alicyclic amines) is 2. The van der Waals surface area contributed by atoms with E-state index in [1.165, 1.54) is 0 Å². The summed E-state index contributed by atoms with van der Waals surface area (Å²) in [6.07, 6.45) is 4.66. The van der Waals surface area contributed by atoms with Gasteiger partial charge in [-0.1, -0.05) is 41.0 Å². The molecule has 184 valence electrons. The standard InChI is InChI=1S/C24H45N5O3/c1-16(2)19(15-29-14-10-12-17(29)21(25)30)28(7)23(32)20(24(3,4)5)26-22(31)18-11-8-9-13-27(18)6/h16-20H,8-15H2,1-7H3,(H2,25,30)(H,26,31)/t17-,18+,19+,20+/m0/s1. The first-order chi connectivity index (χ1) is 14.8. The maximum Gasteiger partial charge on any atom is 0.245 e. The van der Waals surface area contributed by atoms with Gasteiger partial charge in [-0.3, -0.25) is 24.2 Å². The molecule has 0 saturated carbocycles. The molecule has 4 atom stereocenters. The van der Waals surface area contributed by atoms with Crippen molar-refractivity contribution in [2.75, 3.05) is 33.7 Å². The third kappa shape index (κ3) is 6.44. The fourth-order valence-electron chi connectivity index (χ4n) is 5.05. The van der Waals surface area contributed by atoms with Crippen molar-refractivity contribution < 1.29 is 14.4 Å². The van der Waals surface area contributed by atoms with Crippen LogP contribution in [-0.2, 0) is 14.4 Å². The molecule has 2 heterocycles. The van der Waals surface area contributed by atoms with Gasteiger partial charge < -0.3 is 16.0 Å². The fourth-order valence-corrected chi connectivity index (χ4v) is 5.05. The number of primary amides is 1. The van der Waals surface area contributed by atoms with Crippen LogP contribution in [0.2, 0.25) is 0 Å². The average molecular weight is 452 g/mol. The van der Waals surface area contributed by atoms with Crippen molar-refractivity contribution in [3.63, 3.8) is 0 Å².